The SMILES string of the molecule is COC(=O)c1cccc(-c2cccs2)c1F. The van der Waals surface area contributed by atoms with Crippen molar-refractivity contribution in [2.75, 3.05) is 7.11 Å². The van der Waals surface area contributed by atoms with Gasteiger partial charge in [-0.3, -0.25) is 0 Å². The normalized spacial score (nSPS) is 10.1. The van der Waals surface area contributed by atoms with E-state index in [1.807, 2.05) is 17.5 Å². The first kappa shape index (κ1) is 10.8. The van der Waals surface area contributed by atoms with Crippen LogP contribution in [0.1, 0.15) is 10.4 Å². The van der Waals surface area contributed by atoms with Gasteiger partial charge in [-0.2, -0.15) is 0 Å². The van der Waals surface area contributed by atoms with Gasteiger partial charge in [-0.05, 0) is 17.5 Å². The van der Waals surface area contributed by atoms with Crippen molar-refractivity contribution < 1.29 is 13.9 Å². The van der Waals surface area contributed by atoms with Crippen molar-refractivity contribution in [1.29, 1.82) is 0 Å². The molecule has 1 heterocycles. The Hall–Kier alpha value is -1.68. The van der Waals surface area contributed by atoms with Gasteiger partial charge in [0.1, 0.15) is 5.82 Å². The Bertz CT molecular complexity index is 506. The quantitative estimate of drug-likeness (QED) is 0.747. The lowest BCUT2D eigenvalue weighted by atomic mass is 10.1. The molecule has 0 amide bonds. The van der Waals surface area contributed by atoms with Crippen LogP contribution < -0.4 is 0 Å². The van der Waals surface area contributed by atoms with Gasteiger partial charge in [-0.25, -0.2) is 9.18 Å². The van der Waals surface area contributed by atoms with Crippen LogP contribution in [0.4, 0.5) is 4.39 Å². The summed E-state index contributed by atoms with van der Waals surface area (Å²) >= 11 is 1.43. The number of halogens is 1. The maximum Gasteiger partial charge on any atom is 0.340 e. The Morgan fingerprint density at radius 2 is 2.12 bits per heavy atom. The Labute approximate surface area is 96.3 Å². The van der Waals surface area contributed by atoms with Crippen molar-refractivity contribution in [3.63, 3.8) is 0 Å². The second-order valence-corrected chi connectivity index (χ2v) is 4.08. The van der Waals surface area contributed by atoms with Gasteiger partial charge in [0, 0.05) is 10.4 Å². The van der Waals surface area contributed by atoms with Crippen molar-refractivity contribution in [3.8, 4) is 10.4 Å². The van der Waals surface area contributed by atoms with E-state index in [-0.39, 0.29) is 5.56 Å². The monoisotopic (exact) mass is 236 g/mol. The number of ether oxygens (including phenoxy) is 1. The zero-order chi connectivity index (χ0) is 11.5. The minimum Gasteiger partial charge on any atom is -0.465 e. The summed E-state index contributed by atoms with van der Waals surface area (Å²) < 4.78 is 18.5. The Kier molecular flexibility index (Phi) is 3.01. The van der Waals surface area contributed by atoms with Gasteiger partial charge in [0.15, 0.2) is 0 Å². The highest BCUT2D eigenvalue weighted by Gasteiger charge is 2.16. The van der Waals surface area contributed by atoms with E-state index in [4.69, 9.17) is 0 Å². The highest BCUT2D eigenvalue weighted by Crippen LogP contribution is 2.28. The topological polar surface area (TPSA) is 26.3 Å². The molecule has 0 N–H and O–H groups in total. The number of methoxy groups -OCH3 is 1. The molecule has 1 aromatic heterocycles. The average Bonchev–Trinajstić information content (AvgIpc) is 2.82. The van der Waals surface area contributed by atoms with E-state index in [0.29, 0.717) is 5.56 Å². The molecule has 0 aliphatic rings. The molecule has 0 fully saturated rings. The van der Waals surface area contributed by atoms with Gasteiger partial charge in [0.25, 0.3) is 0 Å². The lowest BCUT2D eigenvalue weighted by Gasteiger charge is -2.04. The number of benzene rings is 1. The van der Waals surface area contributed by atoms with Crippen molar-refractivity contribution in [2.24, 2.45) is 0 Å². The van der Waals surface area contributed by atoms with Gasteiger partial charge in [-0.1, -0.05) is 18.2 Å². The fraction of sp³-hybridized carbons (Fsp3) is 0.0833. The van der Waals surface area contributed by atoms with Gasteiger partial charge >= 0.3 is 5.97 Å². The first-order valence-electron chi connectivity index (χ1n) is 4.64. The van der Waals surface area contributed by atoms with Crippen LogP contribution in [-0.4, -0.2) is 13.1 Å². The summed E-state index contributed by atoms with van der Waals surface area (Å²) in [7, 11) is 1.24. The molecule has 2 nitrogen and oxygen atoms in total. The van der Waals surface area contributed by atoms with Crippen LogP contribution in [0, 0.1) is 5.82 Å². The molecule has 82 valence electrons. The number of carbonyl (C=O) groups excluding carboxylic acids is 1. The number of hydrogen-bond acceptors (Lipinski definition) is 3. The van der Waals surface area contributed by atoms with E-state index >= 15 is 0 Å². The Morgan fingerprint density at radius 3 is 2.75 bits per heavy atom. The molecule has 1 aromatic carbocycles. The molecule has 0 unspecified atom stereocenters. The number of hydrogen-bond donors (Lipinski definition) is 0. The molecule has 0 saturated carbocycles. The van der Waals surface area contributed by atoms with Crippen molar-refractivity contribution in [2.45, 2.75) is 0 Å². The Morgan fingerprint density at radius 1 is 1.31 bits per heavy atom. The van der Waals surface area contributed by atoms with E-state index in [1.165, 1.54) is 24.5 Å². The van der Waals surface area contributed by atoms with Crippen LogP contribution in [0.15, 0.2) is 35.7 Å². The molecule has 2 rings (SSSR count). The largest absolute Gasteiger partial charge is 0.465 e. The fourth-order valence-electron chi connectivity index (χ4n) is 1.42. The molecule has 0 aliphatic heterocycles. The molecule has 0 radical (unpaired) electrons. The average molecular weight is 236 g/mol. The molecule has 0 aliphatic carbocycles. The molecular formula is C12H9FO2S. The van der Waals surface area contributed by atoms with Crippen molar-refractivity contribution in [1.82, 2.24) is 0 Å². The van der Waals surface area contributed by atoms with Gasteiger partial charge in [0.2, 0.25) is 0 Å². The zero-order valence-corrected chi connectivity index (χ0v) is 9.38. The maximum absolute atomic E-state index is 14.0. The Balaban J connectivity index is 2.53. The molecule has 16 heavy (non-hydrogen) atoms. The first-order valence-corrected chi connectivity index (χ1v) is 5.52. The van der Waals surface area contributed by atoms with E-state index in [0.717, 1.165) is 4.88 Å². The second kappa shape index (κ2) is 4.45. The number of rotatable bonds is 2. The summed E-state index contributed by atoms with van der Waals surface area (Å²) in [6.45, 7) is 0. The minimum absolute atomic E-state index is 0.0339. The van der Waals surface area contributed by atoms with Crippen LogP contribution in [0.25, 0.3) is 10.4 Å². The summed E-state index contributed by atoms with van der Waals surface area (Å²) in [5.74, 6) is -1.19. The van der Waals surface area contributed by atoms with Gasteiger partial charge < -0.3 is 4.74 Å². The molecule has 0 spiro atoms. The number of thiophene rings is 1. The summed E-state index contributed by atoms with van der Waals surface area (Å²) in [5, 5.41) is 1.86. The molecule has 2 aromatic rings. The molecule has 4 heteroatoms. The van der Waals surface area contributed by atoms with E-state index in [2.05, 4.69) is 4.74 Å². The summed E-state index contributed by atoms with van der Waals surface area (Å²) in [6, 6.07) is 8.35. The first-order chi connectivity index (χ1) is 7.74. The van der Waals surface area contributed by atoms with Crippen LogP contribution in [0.2, 0.25) is 0 Å². The fourth-order valence-corrected chi connectivity index (χ4v) is 2.17. The summed E-state index contributed by atoms with van der Waals surface area (Å²) in [4.78, 5) is 12.1. The number of esters is 1. The number of carbonyl (C=O) groups is 1. The van der Waals surface area contributed by atoms with Gasteiger partial charge in [0.05, 0.1) is 12.7 Å². The van der Waals surface area contributed by atoms with E-state index in [1.54, 1.807) is 12.1 Å². The van der Waals surface area contributed by atoms with E-state index in [9.17, 15) is 9.18 Å². The lowest BCUT2D eigenvalue weighted by Crippen LogP contribution is -2.04. The molecule has 0 atom stereocenters. The highest BCUT2D eigenvalue weighted by atomic mass is 32.1. The minimum atomic E-state index is -0.657. The van der Waals surface area contributed by atoms with Crippen molar-refractivity contribution in [3.05, 3.63) is 47.1 Å². The molecule has 0 saturated heterocycles. The zero-order valence-electron chi connectivity index (χ0n) is 8.57. The summed E-state index contributed by atoms with van der Waals surface area (Å²) in [5.41, 5.74) is 0.395. The van der Waals surface area contributed by atoms with E-state index < -0.39 is 11.8 Å². The van der Waals surface area contributed by atoms with Gasteiger partial charge in [-0.15, -0.1) is 11.3 Å². The smallest absolute Gasteiger partial charge is 0.340 e. The van der Waals surface area contributed by atoms with Crippen LogP contribution in [0.3, 0.4) is 0 Å². The lowest BCUT2D eigenvalue weighted by molar-refractivity contribution is 0.0595. The van der Waals surface area contributed by atoms with Crippen LogP contribution in [0.5, 0.6) is 0 Å². The second-order valence-electron chi connectivity index (χ2n) is 3.14. The molecular weight excluding hydrogens is 227 g/mol. The summed E-state index contributed by atoms with van der Waals surface area (Å²) in [6.07, 6.45) is 0. The predicted octanol–water partition coefficient (Wildman–Crippen LogP) is 3.34. The highest BCUT2D eigenvalue weighted by molar-refractivity contribution is 7.13. The van der Waals surface area contributed by atoms with Crippen LogP contribution >= 0.6 is 11.3 Å². The third-order valence-electron chi connectivity index (χ3n) is 2.19. The predicted molar refractivity (Wildman–Crippen MR) is 61.1 cm³/mol. The standard InChI is InChI=1S/C12H9FO2S/c1-15-12(14)9-5-2-4-8(11(9)13)10-6-3-7-16-10/h2-7H,1H3. The maximum atomic E-state index is 14.0. The van der Waals surface area contributed by atoms with Crippen molar-refractivity contribution >= 4 is 17.3 Å². The third kappa shape index (κ3) is 1.84. The molecule has 0 bridgehead atoms. The van der Waals surface area contributed by atoms with Crippen LogP contribution in [-0.2, 0) is 4.74 Å². The third-order valence-corrected chi connectivity index (χ3v) is 3.09.